The smallest absolute Gasteiger partial charge is 0.379 e. The van der Waals surface area contributed by atoms with Crippen molar-refractivity contribution in [2.75, 3.05) is 0 Å². The van der Waals surface area contributed by atoms with Crippen LogP contribution in [-0.4, -0.2) is 5.97 Å². The Morgan fingerprint density at radius 2 is 1.80 bits per heavy atom. The molecule has 5 aromatic rings. The average molecular weight is 626 g/mol. The predicted molar refractivity (Wildman–Crippen MR) is 168 cm³/mol. The Morgan fingerprint density at radius 1 is 0.977 bits per heavy atom. The molecule has 9 heteroatoms. The van der Waals surface area contributed by atoms with Gasteiger partial charge in [-0.15, -0.1) is 0 Å². The number of allylic oxidation sites excluding steroid dienone is 1. The number of carbonyl (C=O) groups excluding carboxylic acids is 1. The minimum absolute atomic E-state index is 0.0354. The summed E-state index contributed by atoms with van der Waals surface area (Å²) in [6, 6.07) is 23.7. The third-order valence-electron chi connectivity index (χ3n) is 7.81. The molecule has 0 fully saturated rings. The number of halogens is 2. The first-order valence-electron chi connectivity index (χ1n) is 13.7. The number of rotatable bonds is 6. The van der Waals surface area contributed by atoms with Crippen molar-refractivity contribution in [3.05, 3.63) is 133 Å². The summed E-state index contributed by atoms with van der Waals surface area (Å²) >= 11 is 12.3. The van der Waals surface area contributed by atoms with Gasteiger partial charge in [-0.25, -0.2) is 4.79 Å². The monoisotopic (exact) mass is 624 g/mol. The van der Waals surface area contributed by atoms with Crippen molar-refractivity contribution in [3.8, 4) is 23.3 Å². The second-order valence-corrected chi connectivity index (χ2v) is 11.4. The third-order valence-corrected chi connectivity index (χ3v) is 8.40. The normalized spacial score (nSPS) is 14.1. The Hall–Kier alpha value is -4.90. The second-order valence-electron chi connectivity index (χ2n) is 10.6. The van der Waals surface area contributed by atoms with E-state index in [4.69, 9.17) is 47.6 Å². The highest BCUT2D eigenvalue weighted by molar-refractivity contribution is 6.35. The molecular formula is C35H26Cl2N2O5. The molecule has 2 heterocycles. The van der Waals surface area contributed by atoms with E-state index in [-0.39, 0.29) is 29.6 Å². The van der Waals surface area contributed by atoms with Crippen LogP contribution >= 0.6 is 23.2 Å². The number of benzene rings is 4. The van der Waals surface area contributed by atoms with E-state index < -0.39 is 11.9 Å². The maximum atomic E-state index is 13.2. The van der Waals surface area contributed by atoms with Gasteiger partial charge in [-0.3, -0.25) is 0 Å². The summed E-state index contributed by atoms with van der Waals surface area (Å²) in [4.78, 5) is 13.2. The zero-order valence-electron chi connectivity index (χ0n) is 24.0. The van der Waals surface area contributed by atoms with Crippen LogP contribution in [0.25, 0.3) is 11.0 Å². The first-order valence-corrected chi connectivity index (χ1v) is 14.5. The summed E-state index contributed by atoms with van der Waals surface area (Å²) in [6.45, 7) is 6.00. The van der Waals surface area contributed by atoms with Crippen molar-refractivity contribution < 1.29 is 23.4 Å². The fourth-order valence-electron chi connectivity index (χ4n) is 5.29. The molecule has 0 radical (unpaired) electrons. The Morgan fingerprint density at radius 3 is 2.57 bits per heavy atom. The molecule has 0 bridgehead atoms. The van der Waals surface area contributed by atoms with Crippen LogP contribution in [0.1, 0.15) is 49.9 Å². The van der Waals surface area contributed by atoms with Crippen LogP contribution < -0.4 is 19.9 Å². The number of hydrogen-bond acceptors (Lipinski definition) is 7. The van der Waals surface area contributed by atoms with Crippen molar-refractivity contribution in [1.29, 1.82) is 5.26 Å². The molecule has 1 unspecified atom stereocenters. The van der Waals surface area contributed by atoms with Crippen molar-refractivity contribution in [2.45, 2.75) is 33.3 Å². The number of nitriles is 1. The van der Waals surface area contributed by atoms with E-state index in [1.54, 1.807) is 30.3 Å². The minimum atomic E-state index is -0.630. The molecule has 0 saturated heterocycles. The molecule has 7 nitrogen and oxygen atoms in total. The molecule has 6 rings (SSSR count). The lowest BCUT2D eigenvalue weighted by Crippen LogP contribution is -2.21. The average Bonchev–Trinajstić information content (AvgIpc) is 3.34. The minimum Gasteiger partial charge on any atom is -0.489 e. The van der Waals surface area contributed by atoms with Gasteiger partial charge in [-0.2, -0.15) is 5.26 Å². The van der Waals surface area contributed by atoms with E-state index in [1.807, 2.05) is 63.2 Å². The molecule has 0 saturated carbocycles. The molecule has 0 amide bonds. The number of carbonyl (C=O) groups is 1. The number of furan rings is 1. The van der Waals surface area contributed by atoms with Gasteiger partial charge in [-0.05, 0) is 67.8 Å². The van der Waals surface area contributed by atoms with Crippen LogP contribution in [0.15, 0.2) is 88.7 Å². The van der Waals surface area contributed by atoms with Crippen molar-refractivity contribution in [2.24, 2.45) is 5.73 Å². The zero-order chi connectivity index (χ0) is 31.1. The van der Waals surface area contributed by atoms with Gasteiger partial charge >= 0.3 is 5.97 Å². The molecule has 1 aliphatic rings. The Bertz CT molecular complexity index is 2040. The van der Waals surface area contributed by atoms with Gasteiger partial charge in [0.2, 0.25) is 11.6 Å². The third kappa shape index (κ3) is 5.35. The van der Waals surface area contributed by atoms with Gasteiger partial charge in [0.25, 0.3) is 0 Å². The van der Waals surface area contributed by atoms with E-state index in [0.717, 1.165) is 27.6 Å². The summed E-state index contributed by atoms with van der Waals surface area (Å²) in [5, 5.41) is 11.9. The van der Waals surface area contributed by atoms with E-state index in [1.165, 1.54) is 0 Å². The summed E-state index contributed by atoms with van der Waals surface area (Å²) < 4.78 is 23.5. The van der Waals surface area contributed by atoms with Crippen molar-refractivity contribution in [3.63, 3.8) is 0 Å². The van der Waals surface area contributed by atoms with Crippen LogP contribution in [0.5, 0.6) is 17.2 Å². The Kier molecular flexibility index (Phi) is 7.73. The predicted octanol–water partition coefficient (Wildman–Crippen LogP) is 8.68. The summed E-state index contributed by atoms with van der Waals surface area (Å²) in [5.74, 6) is 0.110. The van der Waals surface area contributed by atoms with Gasteiger partial charge in [0, 0.05) is 38.2 Å². The molecule has 1 atom stereocenters. The summed E-state index contributed by atoms with van der Waals surface area (Å²) in [6.07, 6.45) is 0. The van der Waals surface area contributed by atoms with Crippen LogP contribution in [0.4, 0.5) is 0 Å². The number of fused-ring (bicyclic) bond motifs is 2. The highest BCUT2D eigenvalue weighted by Gasteiger charge is 2.32. The standard InChI is InChI=1S/C35H26Cl2N2O5/c1-18-7-11-26-20(3)33(44-32(26)19(18)2)35(40)42-25-10-12-27-30(15-25)43-34(39)28(16-38)31(27)21-5-4-6-24(13-21)41-17-22-8-9-23(36)14-29(22)37/h4-15,31H,17,39H2,1-3H3. The molecule has 0 spiro atoms. The van der Waals surface area contributed by atoms with Crippen LogP contribution in [0, 0.1) is 32.1 Å². The van der Waals surface area contributed by atoms with Gasteiger partial charge in [0.05, 0.1) is 5.92 Å². The van der Waals surface area contributed by atoms with Crippen molar-refractivity contribution in [1.82, 2.24) is 0 Å². The highest BCUT2D eigenvalue weighted by Crippen LogP contribution is 2.44. The van der Waals surface area contributed by atoms with Crippen LogP contribution in [0.3, 0.4) is 0 Å². The SMILES string of the molecule is Cc1ccc2c(C)c(C(=O)Oc3ccc4c(c3)OC(N)=C(C#N)C4c3cccc(OCc4ccc(Cl)cc4Cl)c3)oc2c1C. The van der Waals surface area contributed by atoms with Gasteiger partial charge in [-0.1, -0.05) is 59.6 Å². The lowest BCUT2D eigenvalue weighted by molar-refractivity contribution is 0.0702. The zero-order valence-corrected chi connectivity index (χ0v) is 25.5. The Labute approximate surface area is 264 Å². The fourth-order valence-corrected chi connectivity index (χ4v) is 5.75. The molecule has 44 heavy (non-hydrogen) atoms. The number of ether oxygens (including phenoxy) is 3. The Balaban J connectivity index is 1.28. The molecule has 4 aromatic carbocycles. The number of esters is 1. The molecule has 0 aliphatic carbocycles. The lowest BCUT2D eigenvalue weighted by Gasteiger charge is -2.27. The first-order chi connectivity index (χ1) is 21.1. The second kappa shape index (κ2) is 11.6. The maximum absolute atomic E-state index is 13.2. The van der Waals surface area contributed by atoms with E-state index in [2.05, 4.69) is 6.07 Å². The van der Waals surface area contributed by atoms with Crippen LogP contribution in [0.2, 0.25) is 10.0 Å². The van der Waals surface area contributed by atoms with Gasteiger partial charge in [0.1, 0.15) is 41.1 Å². The number of nitrogens with zero attached hydrogens (tertiary/aromatic N) is 1. The lowest BCUT2D eigenvalue weighted by atomic mass is 9.83. The fraction of sp³-hybridized carbons (Fsp3) is 0.143. The van der Waals surface area contributed by atoms with Crippen molar-refractivity contribution >= 4 is 40.1 Å². The van der Waals surface area contributed by atoms with Crippen LogP contribution in [-0.2, 0) is 6.61 Å². The topological polar surface area (TPSA) is 108 Å². The van der Waals surface area contributed by atoms with Gasteiger partial charge < -0.3 is 24.4 Å². The molecular weight excluding hydrogens is 599 g/mol. The van der Waals surface area contributed by atoms with Gasteiger partial charge in [0.15, 0.2) is 0 Å². The quantitative estimate of drug-likeness (QED) is 0.149. The largest absolute Gasteiger partial charge is 0.489 e. The maximum Gasteiger partial charge on any atom is 0.379 e. The van der Waals surface area contributed by atoms with E-state index in [0.29, 0.717) is 38.3 Å². The summed E-state index contributed by atoms with van der Waals surface area (Å²) in [7, 11) is 0. The molecule has 1 aliphatic heterocycles. The van der Waals surface area contributed by atoms with E-state index >= 15 is 0 Å². The highest BCUT2D eigenvalue weighted by atomic mass is 35.5. The summed E-state index contributed by atoms with van der Waals surface area (Å²) in [5.41, 5.74) is 12.1. The number of aryl methyl sites for hydroxylation is 3. The number of nitrogens with two attached hydrogens (primary N) is 1. The molecule has 220 valence electrons. The van der Waals surface area contributed by atoms with E-state index in [9.17, 15) is 10.1 Å². The molecule has 2 N–H and O–H groups in total. The molecule has 1 aromatic heterocycles. The number of hydrogen-bond donors (Lipinski definition) is 1. The first kappa shape index (κ1) is 29.2.